The van der Waals surface area contributed by atoms with E-state index in [0.717, 1.165) is 23.1 Å². The van der Waals surface area contributed by atoms with Crippen LogP contribution in [0, 0.1) is 11.3 Å². The minimum Gasteiger partial charge on any atom is -0.482 e. The molecular weight excluding hydrogens is 242 g/mol. The number of hydrogen-bond donors (Lipinski definition) is 1. The summed E-state index contributed by atoms with van der Waals surface area (Å²) in [6.07, 6.45) is 3.17. The van der Waals surface area contributed by atoms with Gasteiger partial charge in [0.1, 0.15) is 5.01 Å². The summed E-state index contributed by atoms with van der Waals surface area (Å²) in [7, 11) is 1.54. The maximum atomic E-state index is 8.44. The van der Waals surface area contributed by atoms with Crippen molar-refractivity contribution in [1.29, 1.82) is 5.26 Å². The van der Waals surface area contributed by atoms with Crippen molar-refractivity contribution >= 4 is 23.1 Å². The first-order chi connectivity index (χ1) is 7.86. The molecule has 1 rings (SSSR count). The van der Waals surface area contributed by atoms with Crippen molar-refractivity contribution in [1.82, 2.24) is 10.3 Å². The SMILES string of the molecule is CO/C(=C/C#N)NCCSCc1nccs1. The molecule has 0 atom stereocenters. The average molecular weight is 255 g/mol. The van der Waals surface area contributed by atoms with Gasteiger partial charge in [-0.2, -0.15) is 17.0 Å². The molecule has 16 heavy (non-hydrogen) atoms. The van der Waals surface area contributed by atoms with Gasteiger partial charge in [0.2, 0.25) is 0 Å². The minimum atomic E-state index is 0.511. The molecule has 1 aromatic heterocycles. The molecule has 1 heterocycles. The number of allylic oxidation sites excluding steroid dienone is 1. The fraction of sp³-hybridized carbons (Fsp3) is 0.400. The van der Waals surface area contributed by atoms with Crippen molar-refractivity contribution in [2.24, 2.45) is 0 Å². The van der Waals surface area contributed by atoms with Gasteiger partial charge in [-0.1, -0.05) is 0 Å². The van der Waals surface area contributed by atoms with Crippen molar-refractivity contribution in [3.63, 3.8) is 0 Å². The largest absolute Gasteiger partial charge is 0.482 e. The molecular formula is C10H13N3OS2. The Morgan fingerprint density at radius 2 is 2.69 bits per heavy atom. The Bertz CT molecular complexity index is 357. The second-order valence-corrected chi connectivity index (χ2v) is 4.83. The lowest BCUT2D eigenvalue weighted by Gasteiger charge is -2.07. The molecule has 0 unspecified atom stereocenters. The molecule has 0 aliphatic heterocycles. The summed E-state index contributed by atoms with van der Waals surface area (Å²) in [6, 6.07) is 1.92. The summed E-state index contributed by atoms with van der Waals surface area (Å²) in [5.74, 6) is 2.40. The molecule has 0 bridgehead atoms. The molecule has 0 saturated carbocycles. The zero-order chi connectivity index (χ0) is 11.6. The number of hydrogen-bond acceptors (Lipinski definition) is 6. The van der Waals surface area contributed by atoms with Gasteiger partial charge in [-0.05, 0) is 0 Å². The Morgan fingerprint density at radius 1 is 1.81 bits per heavy atom. The predicted octanol–water partition coefficient (Wildman–Crippen LogP) is 1.98. The third kappa shape index (κ3) is 5.05. The molecule has 1 N–H and O–H groups in total. The van der Waals surface area contributed by atoms with E-state index in [2.05, 4.69) is 10.3 Å². The van der Waals surface area contributed by atoms with Crippen molar-refractivity contribution in [3.05, 3.63) is 28.5 Å². The maximum Gasteiger partial charge on any atom is 0.197 e. The van der Waals surface area contributed by atoms with E-state index in [1.165, 1.54) is 6.08 Å². The first-order valence-corrected chi connectivity index (χ1v) is 6.74. The molecule has 4 nitrogen and oxygen atoms in total. The van der Waals surface area contributed by atoms with Crippen LogP contribution in [0.2, 0.25) is 0 Å². The highest BCUT2D eigenvalue weighted by molar-refractivity contribution is 7.98. The van der Waals surface area contributed by atoms with Crippen molar-refractivity contribution in [2.45, 2.75) is 5.75 Å². The monoisotopic (exact) mass is 255 g/mol. The molecule has 0 aliphatic carbocycles. The summed E-state index contributed by atoms with van der Waals surface area (Å²) in [6.45, 7) is 0.775. The second-order valence-electron chi connectivity index (χ2n) is 2.75. The normalized spacial score (nSPS) is 10.9. The van der Waals surface area contributed by atoms with Crippen LogP contribution >= 0.6 is 23.1 Å². The number of methoxy groups -OCH3 is 1. The predicted molar refractivity (Wildman–Crippen MR) is 67.0 cm³/mol. The molecule has 0 fully saturated rings. The van der Waals surface area contributed by atoms with Gasteiger partial charge in [-0.3, -0.25) is 0 Å². The average Bonchev–Trinajstić information content (AvgIpc) is 2.80. The van der Waals surface area contributed by atoms with E-state index in [-0.39, 0.29) is 0 Å². The fourth-order valence-corrected chi connectivity index (χ4v) is 2.53. The quantitative estimate of drug-likeness (QED) is 0.458. The Morgan fingerprint density at radius 3 is 3.31 bits per heavy atom. The van der Waals surface area contributed by atoms with Gasteiger partial charge >= 0.3 is 0 Å². The molecule has 0 aliphatic rings. The van der Waals surface area contributed by atoms with E-state index in [0.29, 0.717) is 5.88 Å². The van der Waals surface area contributed by atoms with Crippen LogP contribution in [0.1, 0.15) is 5.01 Å². The zero-order valence-electron chi connectivity index (χ0n) is 8.97. The second kappa shape index (κ2) is 8.02. The van der Waals surface area contributed by atoms with Crippen molar-refractivity contribution in [2.75, 3.05) is 19.4 Å². The lowest BCUT2D eigenvalue weighted by atomic mass is 10.6. The number of nitriles is 1. The molecule has 6 heteroatoms. The van der Waals surface area contributed by atoms with Crippen LogP contribution in [0.5, 0.6) is 0 Å². The highest BCUT2D eigenvalue weighted by Gasteiger charge is 1.97. The van der Waals surface area contributed by atoms with Crippen LogP contribution in [0.25, 0.3) is 0 Å². The topological polar surface area (TPSA) is 57.9 Å². The summed E-state index contributed by atoms with van der Waals surface area (Å²) in [4.78, 5) is 4.19. The van der Waals surface area contributed by atoms with Gasteiger partial charge in [-0.25, -0.2) is 4.98 Å². The molecule has 0 saturated heterocycles. The van der Waals surface area contributed by atoms with Crippen molar-refractivity contribution < 1.29 is 4.74 Å². The summed E-state index contributed by atoms with van der Waals surface area (Å²) < 4.78 is 4.95. The van der Waals surface area contributed by atoms with Crippen molar-refractivity contribution in [3.8, 4) is 6.07 Å². The standard InChI is InChI=1S/C10H13N3OS2/c1-14-9(2-3-11)12-4-6-15-8-10-13-5-7-16-10/h2,5,7,12H,4,6,8H2,1H3/b9-2+. The van der Waals surface area contributed by atoms with Crippen LogP contribution in [-0.4, -0.2) is 24.4 Å². The van der Waals surface area contributed by atoms with Crippen LogP contribution in [-0.2, 0) is 10.5 Å². The van der Waals surface area contributed by atoms with Gasteiger partial charge < -0.3 is 10.1 Å². The van der Waals surface area contributed by atoms with Crippen LogP contribution in [0.15, 0.2) is 23.5 Å². The molecule has 86 valence electrons. The number of rotatable bonds is 7. The lowest BCUT2D eigenvalue weighted by molar-refractivity contribution is 0.264. The minimum absolute atomic E-state index is 0.511. The number of nitrogens with zero attached hydrogens (tertiary/aromatic N) is 2. The first kappa shape index (κ1) is 12.9. The number of nitrogens with one attached hydrogen (secondary N) is 1. The fourth-order valence-electron chi connectivity index (χ4n) is 0.971. The van der Waals surface area contributed by atoms with E-state index in [9.17, 15) is 0 Å². The number of thiazole rings is 1. The maximum absolute atomic E-state index is 8.44. The van der Waals surface area contributed by atoms with Gasteiger partial charge in [0.25, 0.3) is 0 Å². The number of ether oxygens (including phenoxy) is 1. The van der Waals surface area contributed by atoms with E-state index < -0.39 is 0 Å². The zero-order valence-corrected chi connectivity index (χ0v) is 10.6. The first-order valence-electron chi connectivity index (χ1n) is 4.70. The van der Waals surface area contributed by atoms with Crippen LogP contribution < -0.4 is 5.32 Å². The Balaban J connectivity index is 2.08. The van der Waals surface area contributed by atoms with Gasteiger partial charge in [0.15, 0.2) is 5.88 Å². The third-order valence-corrected chi connectivity index (χ3v) is 3.60. The molecule has 0 amide bonds. The highest BCUT2D eigenvalue weighted by atomic mass is 32.2. The van der Waals surface area contributed by atoms with E-state index in [1.54, 1.807) is 30.2 Å². The smallest absolute Gasteiger partial charge is 0.197 e. The molecule has 0 spiro atoms. The molecule has 1 aromatic rings. The van der Waals surface area contributed by atoms with Crippen LogP contribution in [0.4, 0.5) is 0 Å². The Labute approximate surface area is 103 Å². The van der Waals surface area contributed by atoms with Crippen LogP contribution in [0.3, 0.4) is 0 Å². The Hall–Kier alpha value is -1.19. The molecule has 0 aromatic carbocycles. The number of aromatic nitrogens is 1. The number of thioether (sulfide) groups is 1. The lowest BCUT2D eigenvalue weighted by Crippen LogP contribution is -2.17. The summed E-state index contributed by atoms with van der Waals surface area (Å²) >= 11 is 3.47. The van der Waals surface area contributed by atoms with Gasteiger partial charge in [0.05, 0.1) is 19.3 Å². The molecule has 0 radical (unpaired) electrons. The van der Waals surface area contributed by atoms with Gasteiger partial charge in [-0.15, -0.1) is 11.3 Å². The van der Waals surface area contributed by atoms with E-state index in [1.807, 2.05) is 17.6 Å². The third-order valence-electron chi connectivity index (χ3n) is 1.67. The summed E-state index contributed by atoms with van der Waals surface area (Å²) in [5, 5.41) is 14.6. The Kier molecular flexibility index (Phi) is 6.45. The van der Waals surface area contributed by atoms with Gasteiger partial charge in [0, 0.05) is 29.6 Å². The highest BCUT2D eigenvalue weighted by Crippen LogP contribution is 2.13. The van der Waals surface area contributed by atoms with E-state index >= 15 is 0 Å². The summed E-state index contributed by atoms with van der Waals surface area (Å²) in [5.41, 5.74) is 0. The van der Waals surface area contributed by atoms with E-state index in [4.69, 9.17) is 10.00 Å².